The fourth-order valence-corrected chi connectivity index (χ4v) is 13.7. The molecule has 2 N–H and O–H groups in total. The summed E-state index contributed by atoms with van der Waals surface area (Å²) in [6.07, 6.45) is 101. The molecule has 0 aliphatic heterocycles. The smallest absolute Gasteiger partial charge is 0.268 e. The Morgan fingerprint density at radius 2 is 0.609 bits per heavy atom. The quantitative estimate of drug-likeness (QED) is 0.0272. The second-order valence-electron chi connectivity index (χ2n) is 29.8. The molecular weight excluding hydrogens is 1150 g/mol. The van der Waals surface area contributed by atoms with E-state index in [-0.39, 0.29) is 12.5 Å². The standard InChI is InChI=1S/C83H163N2O6P/c1-6-8-10-12-14-16-18-20-22-24-26-28-30-32-34-36-37-38-39-40-41-42-43-44-45-46-47-49-51-53-55-57-59-61-63-65-67-69-71-73-75-77-83(87)84-81(80-91-92(88,89)90-79-78-85(3,4)5)82(86)76-74-72-70-68-66-64-62-60-58-56-54-52-50-48-35-33-31-29-27-25-23-21-19-17-15-13-11-9-7-2/h58,60,66,68,74,76,81-82,86H,6-57,59,61-65,67,69-73,75,77-80H2,1-5H3,(H-,84,87,88,89)/b60-58+,68-66+,76-74+. The van der Waals surface area contributed by atoms with Gasteiger partial charge >= 0.3 is 0 Å². The van der Waals surface area contributed by atoms with Crippen LogP contribution >= 0.6 is 7.82 Å². The summed E-state index contributed by atoms with van der Waals surface area (Å²) in [4.78, 5) is 25.7. The first kappa shape index (κ1) is 90.7. The number of nitrogens with zero attached hydrogens (tertiary/aromatic N) is 1. The highest BCUT2D eigenvalue weighted by atomic mass is 31.2. The maximum atomic E-state index is 13.1. The van der Waals surface area contributed by atoms with Gasteiger partial charge in [0, 0.05) is 6.42 Å². The fraction of sp³-hybridized carbons (Fsp3) is 0.916. The lowest BCUT2D eigenvalue weighted by molar-refractivity contribution is -0.870. The van der Waals surface area contributed by atoms with Crippen molar-refractivity contribution in [2.24, 2.45) is 0 Å². The molecule has 0 aromatic carbocycles. The van der Waals surface area contributed by atoms with Crippen LogP contribution in [0.25, 0.3) is 0 Å². The minimum atomic E-state index is -4.62. The van der Waals surface area contributed by atoms with Crippen LogP contribution in [-0.4, -0.2) is 68.5 Å². The van der Waals surface area contributed by atoms with Crippen LogP contribution in [-0.2, 0) is 18.4 Å². The summed E-state index contributed by atoms with van der Waals surface area (Å²) in [6.45, 7) is 4.69. The number of aliphatic hydroxyl groups excluding tert-OH is 1. The van der Waals surface area contributed by atoms with Crippen molar-refractivity contribution in [3.8, 4) is 0 Å². The number of phosphoric acid groups is 1. The first-order valence-corrected chi connectivity index (χ1v) is 42.8. The predicted molar refractivity (Wildman–Crippen MR) is 404 cm³/mol. The van der Waals surface area contributed by atoms with E-state index in [1.54, 1.807) is 6.08 Å². The van der Waals surface area contributed by atoms with Gasteiger partial charge in [0.15, 0.2) is 0 Å². The molecule has 92 heavy (non-hydrogen) atoms. The Kier molecular flexibility index (Phi) is 72.9. The highest BCUT2D eigenvalue weighted by Crippen LogP contribution is 2.38. The number of hydrogen-bond acceptors (Lipinski definition) is 6. The Morgan fingerprint density at radius 1 is 0.370 bits per heavy atom. The maximum Gasteiger partial charge on any atom is 0.268 e. The number of carbonyl (C=O) groups is 1. The van der Waals surface area contributed by atoms with Crippen molar-refractivity contribution < 1.29 is 32.9 Å². The summed E-state index contributed by atoms with van der Waals surface area (Å²) in [5, 5.41) is 14.0. The molecular formula is C83H163N2O6P. The van der Waals surface area contributed by atoms with Crippen molar-refractivity contribution >= 4 is 13.7 Å². The van der Waals surface area contributed by atoms with Gasteiger partial charge in [-0.3, -0.25) is 9.36 Å². The molecule has 0 bridgehead atoms. The van der Waals surface area contributed by atoms with Gasteiger partial charge in [0.25, 0.3) is 7.82 Å². The summed E-state index contributed by atoms with van der Waals surface area (Å²) >= 11 is 0. The molecule has 0 aliphatic carbocycles. The lowest BCUT2D eigenvalue weighted by atomic mass is 10.0. The van der Waals surface area contributed by atoms with Crippen molar-refractivity contribution in [3.63, 3.8) is 0 Å². The second kappa shape index (κ2) is 74.0. The van der Waals surface area contributed by atoms with E-state index in [0.29, 0.717) is 17.4 Å². The van der Waals surface area contributed by atoms with Gasteiger partial charge < -0.3 is 28.8 Å². The Balaban J connectivity index is 3.93. The number of rotatable bonds is 78. The molecule has 3 unspecified atom stereocenters. The number of unbranched alkanes of at least 4 members (excludes halogenated alkanes) is 61. The van der Waals surface area contributed by atoms with Gasteiger partial charge in [0.2, 0.25) is 5.91 Å². The minimum Gasteiger partial charge on any atom is -0.756 e. The van der Waals surface area contributed by atoms with Crippen LogP contribution in [0.5, 0.6) is 0 Å². The summed E-state index contributed by atoms with van der Waals surface area (Å²) < 4.78 is 23.5. The Morgan fingerprint density at radius 3 is 0.880 bits per heavy atom. The van der Waals surface area contributed by atoms with Gasteiger partial charge in [-0.2, -0.15) is 0 Å². The lowest BCUT2D eigenvalue weighted by Crippen LogP contribution is -2.45. The lowest BCUT2D eigenvalue weighted by Gasteiger charge is -2.29. The van der Waals surface area contributed by atoms with Crippen LogP contribution < -0.4 is 10.2 Å². The monoisotopic (exact) mass is 1320 g/mol. The molecule has 3 atom stereocenters. The molecule has 0 heterocycles. The number of hydrogen-bond donors (Lipinski definition) is 2. The highest BCUT2D eigenvalue weighted by Gasteiger charge is 2.23. The molecule has 0 saturated carbocycles. The first-order chi connectivity index (χ1) is 45.0. The molecule has 0 spiro atoms. The first-order valence-electron chi connectivity index (χ1n) is 41.4. The Labute approximate surface area is 576 Å². The van der Waals surface area contributed by atoms with Gasteiger partial charge in [-0.15, -0.1) is 0 Å². The van der Waals surface area contributed by atoms with Crippen LogP contribution in [0.15, 0.2) is 36.5 Å². The van der Waals surface area contributed by atoms with E-state index in [9.17, 15) is 19.4 Å². The molecule has 0 saturated heterocycles. The second-order valence-corrected chi connectivity index (χ2v) is 31.2. The van der Waals surface area contributed by atoms with Gasteiger partial charge in [0.05, 0.1) is 39.9 Å². The van der Waals surface area contributed by atoms with E-state index < -0.39 is 26.6 Å². The SMILES string of the molecule is CCCCCCCCCCCCCCCCCCCCC/C=C/CC/C=C/CC/C=C/C(O)C(COP(=O)([O-])OCC[N+](C)(C)C)NC(=O)CCCCCCCCCCCCCCCCCCCCCCCCCCCCCCCCCCCCCCCCCCC. The summed E-state index contributed by atoms with van der Waals surface area (Å²) in [5.74, 6) is -0.202. The number of carbonyl (C=O) groups excluding carboxylic acids is 1. The van der Waals surface area contributed by atoms with Crippen molar-refractivity contribution in [2.45, 2.75) is 450 Å². The molecule has 0 aromatic rings. The maximum absolute atomic E-state index is 13.1. The fourth-order valence-electron chi connectivity index (χ4n) is 13.0. The number of quaternary nitrogens is 1. The highest BCUT2D eigenvalue weighted by molar-refractivity contribution is 7.45. The predicted octanol–water partition coefficient (Wildman–Crippen LogP) is 26.5. The normalized spacial score (nSPS) is 13.6. The molecule has 546 valence electrons. The van der Waals surface area contributed by atoms with Crippen LogP contribution in [0, 0.1) is 0 Å². The molecule has 0 rings (SSSR count). The molecule has 8 nitrogen and oxygen atoms in total. The van der Waals surface area contributed by atoms with E-state index in [4.69, 9.17) is 9.05 Å². The van der Waals surface area contributed by atoms with Crippen molar-refractivity contribution in [3.05, 3.63) is 36.5 Å². The number of allylic oxidation sites excluding steroid dienone is 5. The molecule has 0 aromatic heterocycles. The zero-order valence-corrected chi connectivity index (χ0v) is 63.7. The van der Waals surface area contributed by atoms with E-state index >= 15 is 0 Å². The van der Waals surface area contributed by atoms with Gasteiger partial charge in [-0.1, -0.05) is 423 Å². The third-order valence-electron chi connectivity index (χ3n) is 19.3. The van der Waals surface area contributed by atoms with E-state index in [0.717, 1.165) is 44.9 Å². The Hall–Kier alpha value is -1.28. The number of likely N-dealkylation sites (N-methyl/N-ethyl adjacent to an activating group) is 1. The van der Waals surface area contributed by atoms with Gasteiger partial charge in [0.1, 0.15) is 13.2 Å². The minimum absolute atomic E-state index is 0.00692. The number of phosphoric ester groups is 1. The van der Waals surface area contributed by atoms with Crippen molar-refractivity contribution in [1.82, 2.24) is 5.32 Å². The summed E-state index contributed by atoms with van der Waals surface area (Å²) in [7, 11) is 1.26. The van der Waals surface area contributed by atoms with E-state index in [2.05, 4.69) is 43.5 Å². The number of aliphatic hydroxyl groups is 1. The summed E-state index contributed by atoms with van der Waals surface area (Å²) in [5.41, 5.74) is 0. The van der Waals surface area contributed by atoms with Crippen LogP contribution in [0.3, 0.4) is 0 Å². The van der Waals surface area contributed by atoms with E-state index in [1.165, 1.54) is 372 Å². The van der Waals surface area contributed by atoms with Gasteiger partial charge in [-0.25, -0.2) is 0 Å². The summed E-state index contributed by atoms with van der Waals surface area (Å²) in [6, 6.07) is -0.910. The van der Waals surface area contributed by atoms with Crippen LogP contribution in [0.2, 0.25) is 0 Å². The van der Waals surface area contributed by atoms with Crippen LogP contribution in [0.1, 0.15) is 438 Å². The topological polar surface area (TPSA) is 108 Å². The average Bonchev–Trinajstić information content (AvgIpc) is 2.68. The molecule has 0 aliphatic rings. The zero-order chi connectivity index (χ0) is 66.9. The van der Waals surface area contributed by atoms with Crippen LogP contribution in [0.4, 0.5) is 0 Å². The molecule has 0 radical (unpaired) electrons. The molecule has 0 fully saturated rings. The van der Waals surface area contributed by atoms with Gasteiger partial charge in [-0.05, 0) is 44.9 Å². The molecule has 1 amide bonds. The third-order valence-corrected chi connectivity index (χ3v) is 20.3. The third kappa shape index (κ3) is 76.1. The number of amides is 1. The Bertz CT molecular complexity index is 1600. The van der Waals surface area contributed by atoms with Crippen molar-refractivity contribution in [1.29, 1.82) is 0 Å². The molecule has 9 heteroatoms. The number of nitrogens with one attached hydrogen (secondary N) is 1. The largest absolute Gasteiger partial charge is 0.756 e. The zero-order valence-electron chi connectivity index (χ0n) is 62.8. The van der Waals surface area contributed by atoms with Crippen molar-refractivity contribution in [2.75, 3.05) is 40.9 Å². The van der Waals surface area contributed by atoms with E-state index in [1.807, 2.05) is 27.2 Å². The average molecular weight is 1320 g/mol.